The second-order valence-corrected chi connectivity index (χ2v) is 6.72. The van der Waals surface area contributed by atoms with Gasteiger partial charge in [0.1, 0.15) is 11.4 Å². The van der Waals surface area contributed by atoms with E-state index in [4.69, 9.17) is 4.74 Å². The summed E-state index contributed by atoms with van der Waals surface area (Å²) in [4.78, 5) is 40.7. The zero-order chi connectivity index (χ0) is 18.5. The normalized spacial score (nSPS) is 14.0. The van der Waals surface area contributed by atoms with Crippen molar-refractivity contribution in [2.45, 2.75) is 19.9 Å². The van der Waals surface area contributed by atoms with Gasteiger partial charge in [0.25, 0.3) is 5.24 Å². The van der Waals surface area contributed by atoms with E-state index in [0.29, 0.717) is 11.4 Å². The minimum atomic E-state index is -0.220. The number of aryl methyl sites for hydroxylation is 1. The van der Waals surface area contributed by atoms with Crippen LogP contribution < -0.4 is 4.74 Å². The maximum absolute atomic E-state index is 12.1. The van der Waals surface area contributed by atoms with Gasteiger partial charge in [0, 0.05) is 6.20 Å². The minimum absolute atomic E-state index is 0.0996. The highest BCUT2D eigenvalue weighted by Crippen LogP contribution is 2.22. The van der Waals surface area contributed by atoms with Gasteiger partial charge in [-0.15, -0.1) is 0 Å². The molecule has 134 valence electrons. The summed E-state index contributed by atoms with van der Waals surface area (Å²) in [6.07, 6.45) is 2.57. The first-order chi connectivity index (χ1) is 12.6. The van der Waals surface area contributed by atoms with Crippen LogP contribution in [0.4, 0.5) is 4.79 Å². The number of pyridine rings is 1. The lowest BCUT2D eigenvalue weighted by molar-refractivity contribution is -0.125. The molecule has 0 atom stereocenters. The molecule has 1 aliphatic rings. The highest BCUT2D eigenvalue weighted by atomic mass is 32.2. The number of ketones is 1. The van der Waals surface area contributed by atoms with Crippen LogP contribution in [0.5, 0.6) is 5.75 Å². The van der Waals surface area contributed by atoms with Gasteiger partial charge < -0.3 is 4.74 Å². The monoisotopic (exact) mass is 370 g/mol. The van der Waals surface area contributed by atoms with Gasteiger partial charge in [0.2, 0.25) is 11.7 Å². The summed E-state index contributed by atoms with van der Waals surface area (Å²) in [6.45, 7) is 2.18. The number of amides is 2. The van der Waals surface area contributed by atoms with E-state index < -0.39 is 0 Å². The van der Waals surface area contributed by atoms with Crippen LogP contribution in [0.25, 0.3) is 0 Å². The Balaban J connectivity index is 1.54. The Labute approximate surface area is 155 Å². The number of hydrogen-bond acceptors (Lipinski definition) is 6. The van der Waals surface area contributed by atoms with Crippen molar-refractivity contribution in [2.24, 2.45) is 0 Å². The van der Waals surface area contributed by atoms with Gasteiger partial charge in [-0.05, 0) is 35.7 Å². The molecule has 6 nitrogen and oxygen atoms in total. The molecule has 0 unspecified atom stereocenters. The number of carbonyl (C=O) groups excluding carboxylic acids is 3. The Bertz CT molecular complexity index is 802. The van der Waals surface area contributed by atoms with E-state index in [-0.39, 0.29) is 35.8 Å². The van der Waals surface area contributed by atoms with Crippen LogP contribution in [0.1, 0.15) is 28.5 Å². The van der Waals surface area contributed by atoms with Gasteiger partial charge in [-0.2, -0.15) is 0 Å². The van der Waals surface area contributed by atoms with E-state index in [9.17, 15) is 14.4 Å². The number of hydrogen-bond donors (Lipinski definition) is 0. The van der Waals surface area contributed by atoms with Gasteiger partial charge in [-0.3, -0.25) is 24.3 Å². The van der Waals surface area contributed by atoms with E-state index in [1.54, 1.807) is 36.5 Å². The van der Waals surface area contributed by atoms with E-state index in [0.717, 1.165) is 29.3 Å². The molecule has 26 heavy (non-hydrogen) atoms. The van der Waals surface area contributed by atoms with Crippen molar-refractivity contribution < 1.29 is 19.1 Å². The highest BCUT2D eigenvalue weighted by Gasteiger charge is 2.29. The summed E-state index contributed by atoms with van der Waals surface area (Å²) in [5.41, 5.74) is 2.28. The molecule has 1 aromatic heterocycles. The third kappa shape index (κ3) is 4.29. The predicted octanol–water partition coefficient (Wildman–Crippen LogP) is 3.10. The molecule has 7 heteroatoms. The molecule has 0 bridgehead atoms. The van der Waals surface area contributed by atoms with Crippen molar-refractivity contribution in [3.63, 3.8) is 0 Å². The average Bonchev–Trinajstić information content (AvgIpc) is 2.99. The Morgan fingerprint density at radius 1 is 1.15 bits per heavy atom. The average molecular weight is 370 g/mol. The summed E-state index contributed by atoms with van der Waals surface area (Å²) in [5, 5.41) is -0.220. The van der Waals surface area contributed by atoms with Gasteiger partial charge in [0.15, 0.2) is 6.61 Å². The first kappa shape index (κ1) is 18.1. The van der Waals surface area contributed by atoms with Crippen LogP contribution in [-0.4, -0.2) is 39.2 Å². The van der Waals surface area contributed by atoms with Crippen molar-refractivity contribution in [3.05, 3.63) is 59.4 Å². The second kappa shape index (κ2) is 8.14. The Morgan fingerprint density at radius 3 is 2.46 bits per heavy atom. The summed E-state index contributed by atoms with van der Waals surface area (Å²) < 4.78 is 5.50. The molecular formula is C19H18N2O4S. The zero-order valence-electron chi connectivity index (χ0n) is 14.3. The van der Waals surface area contributed by atoms with Gasteiger partial charge >= 0.3 is 0 Å². The Morgan fingerprint density at radius 2 is 1.88 bits per heavy atom. The molecule has 0 saturated carbocycles. The molecule has 1 aliphatic heterocycles. The van der Waals surface area contributed by atoms with Gasteiger partial charge in [-0.25, -0.2) is 0 Å². The number of rotatable bonds is 7. The number of benzene rings is 1. The SMILES string of the molecule is CCc1ccc(C(=O)COc2ccc(CN3C(=O)CSC3=O)cc2)nc1. The van der Waals surface area contributed by atoms with Crippen molar-refractivity contribution in [3.8, 4) is 5.75 Å². The Hall–Kier alpha value is -2.67. The van der Waals surface area contributed by atoms with E-state index in [2.05, 4.69) is 4.98 Å². The molecule has 0 aliphatic carbocycles. The topological polar surface area (TPSA) is 76.6 Å². The standard InChI is InChI=1S/C19H18N2O4S/c1-2-13-5-8-16(20-9-13)17(22)11-25-15-6-3-14(4-7-15)10-21-18(23)12-26-19(21)24/h3-9H,2,10-12H2,1H3. The molecule has 0 radical (unpaired) electrons. The number of ether oxygens (including phenoxy) is 1. The fourth-order valence-electron chi connectivity index (χ4n) is 2.43. The first-order valence-corrected chi connectivity index (χ1v) is 9.22. The lowest BCUT2D eigenvalue weighted by Crippen LogP contribution is -2.27. The third-order valence-corrected chi connectivity index (χ3v) is 4.85. The largest absolute Gasteiger partial charge is 0.485 e. The summed E-state index contributed by atoms with van der Waals surface area (Å²) in [6, 6.07) is 10.6. The van der Waals surface area contributed by atoms with Gasteiger partial charge in [0.05, 0.1) is 12.3 Å². The number of thioether (sulfide) groups is 1. The van der Waals surface area contributed by atoms with Crippen LogP contribution in [-0.2, 0) is 17.8 Å². The highest BCUT2D eigenvalue weighted by molar-refractivity contribution is 8.14. The maximum atomic E-state index is 12.1. The fourth-order valence-corrected chi connectivity index (χ4v) is 3.15. The fraction of sp³-hybridized carbons (Fsp3) is 0.263. The van der Waals surface area contributed by atoms with Crippen molar-refractivity contribution in [2.75, 3.05) is 12.4 Å². The quantitative estimate of drug-likeness (QED) is 0.697. The molecule has 1 fully saturated rings. The third-order valence-electron chi connectivity index (χ3n) is 3.99. The molecule has 2 heterocycles. The van der Waals surface area contributed by atoms with E-state index in [1.807, 2.05) is 13.0 Å². The number of aromatic nitrogens is 1. The van der Waals surface area contributed by atoms with Crippen LogP contribution >= 0.6 is 11.8 Å². The molecule has 3 rings (SSSR count). The van der Waals surface area contributed by atoms with Crippen molar-refractivity contribution >= 4 is 28.7 Å². The van der Waals surface area contributed by atoms with Crippen molar-refractivity contribution in [1.82, 2.24) is 9.88 Å². The number of carbonyl (C=O) groups is 3. The van der Waals surface area contributed by atoms with Crippen LogP contribution in [0.15, 0.2) is 42.6 Å². The lowest BCUT2D eigenvalue weighted by Gasteiger charge is -2.13. The molecule has 2 aromatic rings. The first-order valence-electron chi connectivity index (χ1n) is 8.24. The molecular weight excluding hydrogens is 352 g/mol. The van der Waals surface area contributed by atoms with Crippen LogP contribution in [0.3, 0.4) is 0 Å². The number of imide groups is 1. The van der Waals surface area contributed by atoms with Crippen LogP contribution in [0.2, 0.25) is 0 Å². The molecule has 1 saturated heterocycles. The Kier molecular flexibility index (Phi) is 5.68. The predicted molar refractivity (Wildman–Crippen MR) is 98.3 cm³/mol. The summed E-state index contributed by atoms with van der Waals surface area (Å²) in [5.74, 6) is 0.380. The smallest absolute Gasteiger partial charge is 0.289 e. The van der Waals surface area contributed by atoms with E-state index in [1.165, 1.54) is 4.90 Å². The van der Waals surface area contributed by atoms with Crippen LogP contribution in [0, 0.1) is 0 Å². The zero-order valence-corrected chi connectivity index (χ0v) is 15.1. The molecule has 0 N–H and O–H groups in total. The molecule has 2 amide bonds. The molecule has 0 spiro atoms. The van der Waals surface area contributed by atoms with E-state index >= 15 is 0 Å². The second-order valence-electron chi connectivity index (χ2n) is 5.80. The number of Topliss-reactive ketones (excluding diaryl/α,β-unsaturated/α-hetero) is 1. The number of nitrogens with zero attached hydrogens (tertiary/aromatic N) is 2. The maximum Gasteiger partial charge on any atom is 0.289 e. The van der Waals surface area contributed by atoms with Gasteiger partial charge in [-0.1, -0.05) is 36.9 Å². The minimum Gasteiger partial charge on any atom is -0.485 e. The summed E-state index contributed by atoms with van der Waals surface area (Å²) >= 11 is 1.02. The lowest BCUT2D eigenvalue weighted by atomic mass is 10.2. The summed E-state index contributed by atoms with van der Waals surface area (Å²) in [7, 11) is 0. The molecule has 1 aromatic carbocycles. The van der Waals surface area contributed by atoms with Crippen molar-refractivity contribution in [1.29, 1.82) is 0 Å².